The summed E-state index contributed by atoms with van der Waals surface area (Å²) in [6.45, 7) is 11.7. The second kappa shape index (κ2) is 10.0. The van der Waals surface area contributed by atoms with Crippen LogP contribution in [0.15, 0.2) is 36.4 Å². The lowest BCUT2D eigenvalue weighted by molar-refractivity contribution is -0.116. The van der Waals surface area contributed by atoms with Gasteiger partial charge in [-0.3, -0.25) is 9.69 Å². The Morgan fingerprint density at radius 3 is 2.80 bits per heavy atom. The van der Waals surface area contributed by atoms with Crippen LogP contribution in [0.1, 0.15) is 28.3 Å². The molecule has 0 atom stereocenters. The van der Waals surface area contributed by atoms with Gasteiger partial charge < -0.3 is 19.6 Å². The Morgan fingerprint density at radius 1 is 1.14 bits per heavy atom. The van der Waals surface area contributed by atoms with E-state index < -0.39 is 0 Å². The molecule has 8 nitrogen and oxygen atoms in total. The molecule has 1 saturated heterocycles. The molecule has 1 aliphatic rings. The molecular formula is C27H32N6O2. The van der Waals surface area contributed by atoms with Gasteiger partial charge in [0.1, 0.15) is 11.3 Å². The summed E-state index contributed by atoms with van der Waals surface area (Å²) in [4.78, 5) is 27.4. The zero-order chi connectivity index (χ0) is 24.4. The molecule has 0 radical (unpaired) electrons. The standard InChI is InChI=1S/C27H32N6O2/c1-18-14-19(2)29-27-26(18)30-20(3)33(27)17-21-4-6-24-22(15-21)16-23(31-24)5-7-25(34)28-8-9-32-10-12-35-13-11-32/h4-7,14-16,31H,8-13,17H2,1-3H3,(H,28,34). The predicted octanol–water partition coefficient (Wildman–Crippen LogP) is 3.35. The maximum atomic E-state index is 12.2. The average molecular weight is 473 g/mol. The molecule has 1 amide bonds. The quantitative estimate of drug-likeness (QED) is 0.403. The molecule has 35 heavy (non-hydrogen) atoms. The number of nitrogens with zero attached hydrogens (tertiary/aromatic N) is 4. The van der Waals surface area contributed by atoms with Gasteiger partial charge in [-0.2, -0.15) is 0 Å². The van der Waals surface area contributed by atoms with Crippen molar-refractivity contribution in [3.05, 3.63) is 64.7 Å². The summed E-state index contributed by atoms with van der Waals surface area (Å²) >= 11 is 0. The highest BCUT2D eigenvalue weighted by Crippen LogP contribution is 2.23. The van der Waals surface area contributed by atoms with Crippen LogP contribution in [0.3, 0.4) is 0 Å². The van der Waals surface area contributed by atoms with Crippen molar-refractivity contribution in [2.24, 2.45) is 0 Å². The van der Waals surface area contributed by atoms with Crippen molar-refractivity contribution in [3.8, 4) is 0 Å². The van der Waals surface area contributed by atoms with Crippen molar-refractivity contribution in [2.45, 2.75) is 27.3 Å². The van der Waals surface area contributed by atoms with Gasteiger partial charge in [-0.1, -0.05) is 6.07 Å². The number of imidazole rings is 1. The van der Waals surface area contributed by atoms with Gasteiger partial charge in [0.05, 0.1) is 19.8 Å². The van der Waals surface area contributed by atoms with Crippen LogP contribution in [0.2, 0.25) is 0 Å². The maximum absolute atomic E-state index is 12.2. The van der Waals surface area contributed by atoms with Crippen molar-refractivity contribution < 1.29 is 9.53 Å². The monoisotopic (exact) mass is 472 g/mol. The summed E-state index contributed by atoms with van der Waals surface area (Å²) < 4.78 is 7.52. The Bertz CT molecular complexity index is 1390. The van der Waals surface area contributed by atoms with Gasteiger partial charge in [0, 0.05) is 54.5 Å². The molecule has 0 aliphatic carbocycles. The number of ether oxygens (including phenoxy) is 1. The van der Waals surface area contributed by atoms with E-state index in [1.807, 2.05) is 19.9 Å². The third-order valence-electron chi connectivity index (χ3n) is 6.50. The molecule has 5 rings (SSSR count). The number of aromatic amines is 1. The SMILES string of the molecule is Cc1cc(C)c2nc(C)n(Cc3ccc4[nH]c(C=CC(=O)NCCN5CCOCC5)cc4c3)c2n1. The second-order valence-corrected chi connectivity index (χ2v) is 9.22. The maximum Gasteiger partial charge on any atom is 0.244 e. The molecule has 0 bridgehead atoms. The van der Waals surface area contributed by atoms with Crippen molar-refractivity contribution in [1.82, 2.24) is 29.7 Å². The first-order valence-electron chi connectivity index (χ1n) is 12.1. The number of H-pyrrole nitrogens is 1. The number of carbonyl (C=O) groups is 1. The van der Waals surface area contributed by atoms with Gasteiger partial charge in [-0.25, -0.2) is 9.97 Å². The van der Waals surface area contributed by atoms with Crippen LogP contribution >= 0.6 is 0 Å². The molecule has 1 fully saturated rings. The minimum atomic E-state index is -0.0850. The summed E-state index contributed by atoms with van der Waals surface area (Å²) in [7, 11) is 0. The van der Waals surface area contributed by atoms with E-state index in [9.17, 15) is 4.79 Å². The Balaban J connectivity index is 1.25. The summed E-state index contributed by atoms with van der Waals surface area (Å²) in [5, 5.41) is 4.07. The Morgan fingerprint density at radius 2 is 1.97 bits per heavy atom. The minimum Gasteiger partial charge on any atom is -0.379 e. The summed E-state index contributed by atoms with van der Waals surface area (Å²) in [6, 6.07) is 10.5. The molecule has 0 saturated carbocycles. The fourth-order valence-corrected chi connectivity index (χ4v) is 4.66. The van der Waals surface area contributed by atoms with Gasteiger partial charge in [-0.15, -0.1) is 0 Å². The zero-order valence-corrected chi connectivity index (χ0v) is 20.6. The molecule has 4 aromatic rings. The van der Waals surface area contributed by atoms with Crippen LogP contribution in [0, 0.1) is 20.8 Å². The fourth-order valence-electron chi connectivity index (χ4n) is 4.66. The lowest BCUT2D eigenvalue weighted by atomic mass is 10.1. The van der Waals surface area contributed by atoms with Crippen LogP contribution in [0.4, 0.5) is 0 Å². The average Bonchev–Trinajstić information content (AvgIpc) is 3.39. The number of carbonyl (C=O) groups excluding carboxylic acids is 1. The van der Waals surface area contributed by atoms with E-state index in [-0.39, 0.29) is 5.91 Å². The molecule has 3 aromatic heterocycles. The molecular weight excluding hydrogens is 440 g/mol. The summed E-state index contributed by atoms with van der Waals surface area (Å²) in [5.41, 5.74) is 7.16. The third-order valence-corrected chi connectivity index (χ3v) is 6.50. The van der Waals surface area contributed by atoms with Gasteiger partial charge in [0.2, 0.25) is 5.91 Å². The van der Waals surface area contributed by atoms with Crippen LogP contribution in [-0.4, -0.2) is 69.7 Å². The molecule has 8 heteroatoms. The topological polar surface area (TPSA) is 88.1 Å². The Labute approximate surface area is 205 Å². The van der Waals surface area contributed by atoms with Crippen LogP contribution < -0.4 is 5.32 Å². The molecule has 2 N–H and O–H groups in total. The first kappa shape index (κ1) is 23.3. The van der Waals surface area contributed by atoms with Crippen LogP contribution in [0.25, 0.3) is 28.1 Å². The smallest absolute Gasteiger partial charge is 0.244 e. The molecule has 4 heterocycles. The zero-order valence-electron chi connectivity index (χ0n) is 20.6. The largest absolute Gasteiger partial charge is 0.379 e. The Kier molecular flexibility index (Phi) is 6.66. The van der Waals surface area contributed by atoms with E-state index in [0.29, 0.717) is 13.1 Å². The normalized spacial score (nSPS) is 14.9. The van der Waals surface area contributed by atoms with Crippen molar-refractivity contribution in [2.75, 3.05) is 39.4 Å². The van der Waals surface area contributed by atoms with Crippen LogP contribution in [-0.2, 0) is 16.1 Å². The number of hydrogen-bond donors (Lipinski definition) is 2. The van der Waals surface area contributed by atoms with Gasteiger partial charge in [-0.05, 0) is 62.2 Å². The number of rotatable bonds is 7. The molecule has 1 aromatic carbocycles. The number of pyridine rings is 1. The minimum absolute atomic E-state index is 0.0850. The highest BCUT2D eigenvalue weighted by molar-refractivity contribution is 5.92. The molecule has 182 valence electrons. The molecule has 1 aliphatic heterocycles. The summed E-state index contributed by atoms with van der Waals surface area (Å²) in [5.74, 6) is 0.872. The van der Waals surface area contributed by atoms with E-state index in [2.05, 4.69) is 57.0 Å². The third kappa shape index (κ3) is 5.28. The highest BCUT2D eigenvalue weighted by atomic mass is 16.5. The van der Waals surface area contributed by atoms with Gasteiger partial charge in [0.25, 0.3) is 0 Å². The molecule has 0 unspecified atom stereocenters. The van der Waals surface area contributed by atoms with Crippen molar-refractivity contribution in [1.29, 1.82) is 0 Å². The number of amides is 1. The number of aromatic nitrogens is 4. The van der Waals surface area contributed by atoms with E-state index in [1.165, 1.54) is 5.56 Å². The lowest BCUT2D eigenvalue weighted by Gasteiger charge is -2.26. The lowest BCUT2D eigenvalue weighted by Crippen LogP contribution is -2.41. The number of morpholine rings is 1. The number of hydrogen-bond acceptors (Lipinski definition) is 5. The van der Waals surface area contributed by atoms with Crippen LogP contribution in [0.5, 0.6) is 0 Å². The van der Waals surface area contributed by atoms with Crippen molar-refractivity contribution in [3.63, 3.8) is 0 Å². The number of fused-ring (bicyclic) bond motifs is 2. The highest BCUT2D eigenvalue weighted by Gasteiger charge is 2.13. The first-order valence-corrected chi connectivity index (χ1v) is 12.1. The number of benzene rings is 1. The summed E-state index contributed by atoms with van der Waals surface area (Å²) in [6.07, 6.45) is 3.41. The molecule has 0 spiro atoms. The predicted molar refractivity (Wildman–Crippen MR) is 138 cm³/mol. The van der Waals surface area contributed by atoms with E-state index in [4.69, 9.17) is 14.7 Å². The van der Waals surface area contributed by atoms with Gasteiger partial charge >= 0.3 is 0 Å². The van der Waals surface area contributed by atoms with Gasteiger partial charge in [0.15, 0.2) is 5.65 Å². The number of aryl methyl sites for hydroxylation is 3. The first-order chi connectivity index (χ1) is 17.0. The van der Waals surface area contributed by atoms with Crippen molar-refractivity contribution >= 4 is 34.1 Å². The second-order valence-electron chi connectivity index (χ2n) is 9.22. The number of nitrogens with one attached hydrogen (secondary N) is 2. The van der Waals surface area contributed by atoms with E-state index >= 15 is 0 Å². The van der Waals surface area contributed by atoms with E-state index in [1.54, 1.807) is 6.08 Å². The van der Waals surface area contributed by atoms with E-state index in [0.717, 1.165) is 77.7 Å². The Hall–Kier alpha value is -3.49. The fraction of sp³-hybridized carbons (Fsp3) is 0.370.